The van der Waals surface area contributed by atoms with Gasteiger partial charge in [-0.2, -0.15) is 0 Å². The van der Waals surface area contributed by atoms with E-state index in [1.54, 1.807) is 0 Å². The van der Waals surface area contributed by atoms with Crippen molar-refractivity contribution in [2.24, 2.45) is 5.92 Å². The van der Waals surface area contributed by atoms with E-state index in [-0.39, 0.29) is 11.6 Å². The lowest BCUT2D eigenvalue weighted by Crippen LogP contribution is -2.57. The predicted octanol–water partition coefficient (Wildman–Crippen LogP) is 1.22. The fourth-order valence-electron chi connectivity index (χ4n) is 2.64. The first-order chi connectivity index (χ1) is 7.10. The number of rotatable bonds is 1. The van der Waals surface area contributed by atoms with Crippen LogP contribution in [-0.2, 0) is 4.74 Å². The predicted molar refractivity (Wildman–Crippen MR) is 57.7 cm³/mol. The van der Waals surface area contributed by atoms with Crippen LogP contribution in [0.2, 0.25) is 0 Å². The molecule has 0 aromatic carbocycles. The topological polar surface area (TPSA) is 41.6 Å². The Bertz CT molecular complexity index is 249. The summed E-state index contributed by atoms with van der Waals surface area (Å²) in [5.41, 5.74) is -0.0450. The third kappa shape index (κ3) is 2.25. The minimum absolute atomic E-state index is 0.0450. The summed E-state index contributed by atoms with van der Waals surface area (Å²) in [4.78, 5) is 13.6. The number of likely N-dealkylation sites (tertiary alicyclic amines) is 1. The standard InChI is InChI=1S/C11H20N2O2/c1-11(5-8-15-10(14)12-11)9-3-6-13(2)7-4-9/h9H,3-8H2,1-2H3,(H,12,14). The van der Waals surface area contributed by atoms with Gasteiger partial charge < -0.3 is 15.0 Å². The molecular weight excluding hydrogens is 192 g/mol. The first-order valence-electron chi connectivity index (χ1n) is 5.74. The minimum Gasteiger partial charge on any atom is -0.449 e. The fraction of sp³-hybridized carbons (Fsp3) is 0.909. The molecule has 1 atom stereocenters. The molecule has 4 nitrogen and oxygen atoms in total. The number of nitrogens with one attached hydrogen (secondary N) is 1. The maximum Gasteiger partial charge on any atom is 0.407 e. The number of amides is 1. The number of nitrogens with zero attached hydrogens (tertiary/aromatic N) is 1. The molecule has 15 heavy (non-hydrogen) atoms. The minimum atomic E-state index is -0.248. The lowest BCUT2D eigenvalue weighted by atomic mass is 9.77. The molecule has 0 radical (unpaired) electrons. The number of piperidine rings is 1. The summed E-state index contributed by atoms with van der Waals surface area (Å²) in [7, 11) is 2.15. The van der Waals surface area contributed by atoms with Crippen molar-refractivity contribution in [3.05, 3.63) is 0 Å². The van der Waals surface area contributed by atoms with Crippen LogP contribution in [0.25, 0.3) is 0 Å². The van der Waals surface area contributed by atoms with Crippen LogP contribution in [0.5, 0.6) is 0 Å². The number of alkyl carbamates (subject to hydrolysis) is 1. The normalized spacial score (nSPS) is 34.7. The van der Waals surface area contributed by atoms with Crippen LogP contribution >= 0.6 is 0 Å². The van der Waals surface area contributed by atoms with E-state index < -0.39 is 0 Å². The highest BCUT2D eigenvalue weighted by atomic mass is 16.6. The SMILES string of the molecule is CN1CCC(C2(C)CCOC(=O)N2)CC1. The van der Waals surface area contributed by atoms with Crippen molar-refractivity contribution in [2.75, 3.05) is 26.7 Å². The maximum absolute atomic E-state index is 11.2. The lowest BCUT2D eigenvalue weighted by Gasteiger charge is -2.44. The average molecular weight is 212 g/mol. The van der Waals surface area contributed by atoms with Crippen molar-refractivity contribution in [1.29, 1.82) is 0 Å². The summed E-state index contributed by atoms with van der Waals surface area (Å²) in [5.74, 6) is 0.599. The number of hydrogen-bond donors (Lipinski definition) is 1. The molecule has 1 N–H and O–H groups in total. The Labute approximate surface area is 91.0 Å². The number of hydrogen-bond acceptors (Lipinski definition) is 3. The molecule has 2 saturated heterocycles. The first kappa shape index (κ1) is 10.7. The van der Waals surface area contributed by atoms with Gasteiger partial charge in [0.2, 0.25) is 0 Å². The molecule has 2 aliphatic heterocycles. The van der Waals surface area contributed by atoms with E-state index in [0.29, 0.717) is 12.5 Å². The van der Waals surface area contributed by atoms with Gasteiger partial charge in [0.25, 0.3) is 0 Å². The zero-order valence-corrected chi connectivity index (χ0v) is 9.58. The highest BCUT2D eigenvalue weighted by molar-refractivity contribution is 5.69. The molecule has 1 amide bonds. The summed E-state index contributed by atoms with van der Waals surface area (Å²) < 4.78 is 4.92. The van der Waals surface area contributed by atoms with Gasteiger partial charge in [-0.05, 0) is 45.8 Å². The number of carbonyl (C=O) groups is 1. The third-order valence-corrected chi connectivity index (χ3v) is 3.86. The van der Waals surface area contributed by atoms with Crippen molar-refractivity contribution >= 4 is 6.09 Å². The average Bonchev–Trinajstić information content (AvgIpc) is 2.18. The van der Waals surface area contributed by atoms with E-state index in [2.05, 4.69) is 24.2 Å². The smallest absolute Gasteiger partial charge is 0.407 e. The second-order valence-corrected chi connectivity index (χ2v) is 5.01. The van der Waals surface area contributed by atoms with Gasteiger partial charge in [-0.15, -0.1) is 0 Å². The van der Waals surface area contributed by atoms with Crippen LogP contribution in [0.1, 0.15) is 26.2 Å². The van der Waals surface area contributed by atoms with Gasteiger partial charge in [-0.3, -0.25) is 0 Å². The number of carbonyl (C=O) groups excluding carboxylic acids is 1. The molecule has 0 aromatic heterocycles. The van der Waals surface area contributed by atoms with E-state index in [9.17, 15) is 4.79 Å². The summed E-state index contributed by atoms with van der Waals surface area (Å²) in [6.07, 6.45) is 3.04. The Morgan fingerprint density at radius 1 is 1.47 bits per heavy atom. The van der Waals surface area contributed by atoms with E-state index in [1.165, 1.54) is 12.8 Å². The fourth-order valence-corrected chi connectivity index (χ4v) is 2.64. The highest BCUT2D eigenvalue weighted by Crippen LogP contribution is 2.32. The molecule has 0 bridgehead atoms. The molecule has 2 rings (SSSR count). The number of cyclic esters (lactones) is 1. The monoisotopic (exact) mass is 212 g/mol. The Morgan fingerprint density at radius 2 is 2.13 bits per heavy atom. The molecule has 2 heterocycles. The summed E-state index contributed by atoms with van der Waals surface area (Å²) in [5, 5.41) is 3.00. The Balaban J connectivity index is 1.98. The van der Waals surface area contributed by atoms with Crippen molar-refractivity contribution in [3.63, 3.8) is 0 Å². The van der Waals surface area contributed by atoms with E-state index in [1.807, 2.05) is 0 Å². The number of ether oxygens (including phenoxy) is 1. The van der Waals surface area contributed by atoms with Crippen LogP contribution in [0.3, 0.4) is 0 Å². The molecule has 0 aliphatic carbocycles. The molecule has 0 spiro atoms. The molecule has 0 aromatic rings. The van der Waals surface area contributed by atoms with E-state index in [4.69, 9.17) is 4.74 Å². The van der Waals surface area contributed by atoms with E-state index >= 15 is 0 Å². The highest BCUT2D eigenvalue weighted by Gasteiger charge is 2.39. The Morgan fingerprint density at radius 3 is 2.73 bits per heavy atom. The van der Waals surface area contributed by atoms with Crippen LogP contribution in [0, 0.1) is 5.92 Å². The van der Waals surface area contributed by atoms with Crippen molar-refractivity contribution in [1.82, 2.24) is 10.2 Å². The van der Waals surface area contributed by atoms with Crippen molar-refractivity contribution in [2.45, 2.75) is 31.7 Å². The molecule has 1 unspecified atom stereocenters. The molecule has 2 aliphatic rings. The lowest BCUT2D eigenvalue weighted by molar-refractivity contribution is 0.0506. The molecule has 2 fully saturated rings. The Hall–Kier alpha value is -0.770. The van der Waals surface area contributed by atoms with E-state index in [0.717, 1.165) is 19.5 Å². The van der Waals surface area contributed by atoms with Gasteiger partial charge in [0, 0.05) is 12.0 Å². The quantitative estimate of drug-likeness (QED) is 0.710. The second-order valence-electron chi connectivity index (χ2n) is 5.01. The van der Waals surface area contributed by atoms with Gasteiger partial charge in [-0.25, -0.2) is 4.79 Å². The molecule has 4 heteroatoms. The third-order valence-electron chi connectivity index (χ3n) is 3.86. The van der Waals surface area contributed by atoms with Crippen LogP contribution in [0.4, 0.5) is 4.79 Å². The second kappa shape index (κ2) is 4.00. The first-order valence-corrected chi connectivity index (χ1v) is 5.74. The van der Waals surface area contributed by atoms with Crippen LogP contribution in [-0.4, -0.2) is 43.3 Å². The van der Waals surface area contributed by atoms with Gasteiger partial charge in [0.15, 0.2) is 0 Å². The zero-order chi connectivity index (χ0) is 10.9. The van der Waals surface area contributed by atoms with Crippen LogP contribution < -0.4 is 5.32 Å². The molecule has 0 saturated carbocycles. The summed E-state index contributed by atoms with van der Waals surface area (Å²) >= 11 is 0. The van der Waals surface area contributed by atoms with Gasteiger partial charge in [-0.1, -0.05) is 0 Å². The summed E-state index contributed by atoms with van der Waals surface area (Å²) in [6.45, 7) is 4.99. The molecule has 86 valence electrons. The molecular formula is C11H20N2O2. The van der Waals surface area contributed by atoms with Crippen molar-refractivity contribution < 1.29 is 9.53 Å². The van der Waals surface area contributed by atoms with Gasteiger partial charge >= 0.3 is 6.09 Å². The van der Waals surface area contributed by atoms with Gasteiger partial charge in [0.05, 0.1) is 6.61 Å². The van der Waals surface area contributed by atoms with Crippen LogP contribution in [0.15, 0.2) is 0 Å². The summed E-state index contributed by atoms with van der Waals surface area (Å²) in [6, 6.07) is 0. The Kier molecular flexibility index (Phi) is 2.87. The van der Waals surface area contributed by atoms with Crippen molar-refractivity contribution in [3.8, 4) is 0 Å². The van der Waals surface area contributed by atoms with Gasteiger partial charge in [0.1, 0.15) is 0 Å². The zero-order valence-electron chi connectivity index (χ0n) is 9.58. The largest absolute Gasteiger partial charge is 0.449 e. The maximum atomic E-state index is 11.2.